The van der Waals surface area contributed by atoms with Gasteiger partial charge in [-0.3, -0.25) is 4.99 Å². The molecule has 3 aliphatic rings. The Morgan fingerprint density at radius 1 is 1.33 bits per heavy atom. The molecule has 5 heteroatoms. The second-order valence-electron chi connectivity index (χ2n) is 6.97. The van der Waals surface area contributed by atoms with Crippen LogP contribution < -0.4 is 5.32 Å². The Bertz CT molecular complexity index is 380. The predicted octanol–water partition coefficient (Wildman–Crippen LogP) is 1.23. The van der Waals surface area contributed by atoms with Gasteiger partial charge in [0.25, 0.3) is 0 Å². The topological polar surface area (TPSA) is 57.1 Å². The van der Waals surface area contributed by atoms with Crippen LogP contribution in [0.2, 0.25) is 0 Å². The molecular weight excluding hydrogens is 266 g/mol. The molecule has 2 aliphatic heterocycles. The van der Waals surface area contributed by atoms with Gasteiger partial charge in [-0.05, 0) is 37.5 Å². The molecule has 1 saturated carbocycles. The van der Waals surface area contributed by atoms with Crippen LogP contribution in [0.15, 0.2) is 4.99 Å². The van der Waals surface area contributed by atoms with E-state index in [4.69, 9.17) is 4.74 Å². The van der Waals surface area contributed by atoms with Crippen LogP contribution in [-0.4, -0.2) is 62.0 Å². The molecule has 3 rings (SSSR count). The van der Waals surface area contributed by atoms with Gasteiger partial charge in [0.05, 0.1) is 6.10 Å². The minimum Gasteiger partial charge on any atom is -0.393 e. The quantitative estimate of drug-likeness (QED) is 0.594. The van der Waals surface area contributed by atoms with Gasteiger partial charge in [-0.25, -0.2) is 0 Å². The summed E-state index contributed by atoms with van der Waals surface area (Å²) in [5.41, 5.74) is 0.447. The number of hydrogen-bond donors (Lipinski definition) is 2. The molecule has 2 atom stereocenters. The van der Waals surface area contributed by atoms with E-state index in [0.717, 1.165) is 58.1 Å². The van der Waals surface area contributed by atoms with Gasteiger partial charge in [0.1, 0.15) is 0 Å². The third kappa shape index (κ3) is 3.34. The molecule has 21 heavy (non-hydrogen) atoms. The van der Waals surface area contributed by atoms with E-state index in [1.165, 1.54) is 19.3 Å². The Labute approximate surface area is 127 Å². The first-order valence-corrected chi connectivity index (χ1v) is 8.44. The largest absolute Gasteiger partial charge is 0.393 e. The van der Waals surface area contributed by atoms with Crippen LogP contribution in [0.25, 0.3) is 0 Å². The zero-order valence-electron chi connectivity index (χ0n) is 13.2. The number of hydrogen-bond acceptors (Lipinski definition) is 3. The van der Waals surface area contributed by atoms with Gasteiger partial charge in [0.15, 0.2) is 5.96 Å². The Morgan fingerprint density at radius 2 is 2.14 bits per heavy atom. The number of nitrogens with one attached hydrogen (secondary N) is 1. The van der Waals surface area contributed by atoms with Gasteiger partial charge >= 0.3 is 0 Å². The Kier molecular flexibility index (Phi) is 4.69. The zero-order valence-corrected chi connectivity index (χ0v) is 13.2. The molecule has 2 N–H and O–H groups in total. The van der Waals surface area contributed by atoms with Gasteiger partial charge < -0.3 is 20.1 Å². The Hall–Kier alpha value is -0.810. The third-order valence-corrected chi connectivity index (χ3v) is 5.64. The van der Waals surface area contributed by atoms with Crippen LogP contribution in [0.4, 0.5) is 0 Å². The molecule has 2 unspecified atom stereocenters. The Balaban J connectivity index is 1.52. The fourth-order valence-corrected chi connectivity index (χ4v) is 4.14. The average molecular weight is 295 g/mol. The zero-order chi connectivity index (χ0) is 14.7. The lowest BCUT2D eigenvalue weighted by Crippen LogP contribution is -2.44. The van der Waals surface area contributed by atoms with Crippen molar-refractivity contribution in [2.75, 3.05) is 39.9 Å². The molecule has 1 aliphatic carbocycles. The summed E-state index contributed by atoms with van der Waals surface area (Å²) >= 11 is 0. The van der Waals surface area contributed by atoms with Crippen molar-refractivity contribution in [3.8, 4) is 0 Å². The molecule has 0 amide bonds. The lowest BCUT2D eigenvalue weighted by atomic mass is 9.80. The number of aliphatic hydroxyl groups is 1. The summed E-state index contributed by atoms with van der Waals surface area (Å²) < 4.78 is 5.51. The van der Waals surface area contributed by atoms with Crippen LogP contribution in [0.5, 0.6) is 0 Å². The van der Waals surface area contributed by atoms with Crippen molar-refractivity contribution in [3.05, 3.63) is 0 Å². The highest BCUT2D eigenvalue weighted by molar-refractivity contribution is 5.80. The maximum absolute atomic E-state index is 9.93. The van der Waals surface area contributed by atoms with Gasteiger partial charge in [-0.15, -0.1) is 0 Å². The molecule has 0 bridgehead atoms. The van der Waals surface area contributed by atoms with E-state index in [9.17, 15) is 5.11 Å². The molecule has 0 radical (unpaired) electrons. The molecule has 0 aromatic rings. The van der Waals surface area contributed by atoms with Gasteiger partial charge in [0, 0.05) is 45.8 Å². The van der Waals surface area contributed by atoms with Crippen molar-refractivity contribution < 1.29 is 9.84 Å². The maximum atomic E-state index is 9.93. The second-order valence-corrected chi connectivity index (χ2v) is 6.97. The third-order valence-electron chi connectivity index (χ3n) is 5.64. The second kappa shape index (κ2) is 6.53. The van der Waals surface area contributed by atoms with Gasteiger partial charge in [-0.1, -0.05) is 6.42 Å². The average Bonchev–Trinajstić information content (AvgIpc) is 3.08. The van der Waals surface area contributed by atoms with Crippen LogP contribution in [0.3, 0.4) is 0 Å². The number of aliphatic imine (C=N–C) groups is 1. The van der Waals surface area contributed by atoms with Crippen LogP contribution in [-0.2, 0) is 4.74 Å². The van der Waals surface area contributed by atoms with E-state index >= 15 is 0 Å². The molecule has 1 spiro atoms. The highest BCUT2D eigenvalue weighted by Gasteiger charge is 2.40. The summed E-state index contributed by atoms with van der Waals surface area (Å²) in [4.78, 5) is 6.85. The minimum atomic E-state index is -0.129. The first kappa shape index (κ1) is 15.1. The fourth-order valence-electron chi connectivity index (χ4n) is 4.14. The SMILES string of the molecule is CN=C(NCC1CCCC1O)N1CCC2(CCOCC2)C1. The number of ether oxygens (including phenoxy) is 1. The number of nitrogens with zero attached hydrogens (tertiary/aromatic N) is 2. The van der Waals surface area contributed by atoms with Crippen molar-refractivity contribution in [2.45, 2.75) is 44.6 Å². The maximum Gasteiger partial charge on any atom is 0.193 e. The Morgan fingerprint density at radius 3 is 2.81 bits per heavy atom. The normalized spacial score (nSPS) is 32.9. The monoisotopic (exact) mass is 295 g/mol. The van der Waals surface area contributed by atoms with E-state index in [0.29, 0.717) is 11.3 Å². The summed E-state index contributed by atoms with van der Waals surface area (Å²) in [7, 11) is 1.86. The van der Waals surface area contributed by atoms with Crippen molar-refractivity contribution >= 4 is 5.96 Å². The van der Waals surface area contributed by atoms with Gasteiger partial charge in [-0.2, -0.15) is 0 Å². The summed E-state index contributed by atoms with van der Waals surface area (Å²) in [6.45, 7) is 4.86. The first-order valence-electron chi connectivity index (χ1n) is 8.44. The van der Waals surface area contributed by atoms with E-state index < -0.39 is 0 Å². The van der Waals surface area contributed by atoms with Crippen molar-refractivity contribution in [2.24, 2.45) is 16.3 Å². The number of likely N-dealkylation sites (tertiary alicyclic amines) is 1. The van der Waals surface area contributed by atoms with E-state index in [-0.39, 0.29) is 6.10 Å². The van der Waals surface area contributed by atoms with E-state index in [1.807, 2.05) is 7.05 Å². The smallest absolute Gasteiger partial charge is 0.193 e. The summed E-state index contributed by atoms with van der Waals surface area (Å²) in [6, 6.07) is 0. The van der Waals surface area contributed by atoms with Crippen molar-refractivity contribution in [1.82, 2.24) is 10.2 Å². The molecule has 0 aromatic heterocycles. The van der Waals surface area contributed by atoms with Crippen LogP contribution in [0.1, 0.15) is 38.5 Å². The number of aliphatic hydroxyl groups excluding tert-OH is 1. The molecule has 2 heterocycles. The highest BCUT2D eigenvalue weighted by atomic mass is 16.5. The molecule has 0 aromatic carbocycles. The van der Waals surface area contributed by atoms with Crippen molar-refractivity contribution in [3.63, 3.8) is 0 Å². The van der Waals surface area contributed by atoms with E-state index in [1.54, 1.807) is 0 Å². The molecular formula is C16H29N3O2. The molecule has 5 nitrogen and oxygen atoms in total. The lowest BCUT2D eigenvalue weighted by molar-refractivity contribution is 0.0217. The first-order chi connectivity index (χ1) is 10.2. The molecule has 2 saturated heterocycles. The number of guanidine groups is 1. The lowest BCUT2D eigenvalue weighted by Gasteiger charge is -2.33. The summed E-state index contributed by atoms with van der Waals surface area (Å²) in [6.07, 6.45) is 6.73. The highest BCUT2D eigenvalue weighted by Crippen LogP contribution is 2.39. The number of rotatable bonds is 2. The van der Waals surface area contributed by atoms with Crippen molar-refractivity contribution in [1.29, 1.82) is 0 Å². The standard InChI is InChI=1S/C16H29N3O2/c1-17-15(18-11-13-3-2-4-14(13)20)19-8-5-16(12-19)6-9-21-10-7-16/h13-14,20H,2-12H2,1H3,(H,17,18). The summed E-state index contributed by atoms with van der Waals surface area (Å²) in [5, 5.41) is 13.4. The van der Waals surface area contributed by atoms with Gasteiger partial charge in [0.2, 0.25) is 0 Å². The summed E-state index contributed by atoms with van der Waals surface area (Å²) in [5.74, 6) is 1.40. The molecule has 3 fully saturated rings. The van der Waals surface area contributed by atoms with Crippen LogP contribution in [0, 0.1) is 11.3 Å². The van der Waals surface area contributed by atoms with E-state index in [2.05, 4.69) is 15.2 Å². The minimum absolute atomic E-state index is 0.129. The fraction of sp³-hybridized carbons (Fsp3) is 0.938. The van der Waals surface area contributed by atoms with Crippen LogP contribution >= 0.6 is 0 Å². The predicted molar refractivity (Wildman–Crippen MR) is 83.4 cm³/mol. The molecule has 120 valence electrons.